The molecule has 0 unspecified atom stereocenters. The quantitative estimate of drug-likeness (QED) is 0.383. The van der Waals surface area contributed by atoms with Crippen LogP contribution in [-0.4, -0.2) is 62.4 Å². The Balaban J connectivity index is 1.60. The fourth-order valence-electron chi connectivity index (χ4n) is 4.39. The van der Waals surface area contributed by atoms with E-state index in [4.69, 9.17) is 14.2 Å². The van der Waals surface area contributed by atoms with E-state index in [1.807, 2.05) is 18.2 Å². The molecule has 0 spiro atoms. The average molecular weight is 556 g/mol. The van der Waals surface area contributed by atoms with Gasteiger partial charge in [-0.1, -0.05) is 6.07 Å². The Hall–Kier alpha value is -4.54. The van der Waals surface area contributed by atoms with Crippen LogP contribution in [0.3, 0.4) is 0 Å². The van der Waals surface area contributed by atoms with Gasteiger partial charge >= 0.3 is 6.18 Å². The summed E-state index contributed by atoms with van der Waals surface area (Å²) in [5.74, 6) is 0.629. The normalized spacial score (nSPS) is 14.9. The van der Waals surface area contributed by atoms with Crippen LogP contribution in [0.4, 0.5) is 13.2 Å². The number of methoxy groups -OCH3 is 3. The third-order valence-corrected chi connectivity index (χ3v) is 6.56. The summed E-state index contributed by atoms with van der Waals surface area (Å²) in [5, 5.41) is 5.95. The lowest BCUT2D eigenvalue weighted by Crippen LogP contribution is -2.39. The smallest absolute Gasteiger partial charge is 0.416 e. The predicted octanol–water partition coefficient (Wildman–Crippen LogP) is 5.18. The molecule has 2 amide bonds. The summed E-state index contributed by atoms with van der Waals surface area (Å²) in [6, 6.07) is 16.0. The number of benzene rings is 3. The highest BCUT2D eigenvalue weighted by Crippen LogP contribution is 2.37. The summed E-state index contributed by atoms with van der Waals surface area (Å²) >= 11 is 0. The summed E-state index contributed by atoms with van der Waals surface area (Å²) in [5.41, 5.74) is 1.37. The van der Waals surface area contributed by atoms with Crippen molar-refractivity contribution >= 4 is 17.5 Å². The zero-order valence-corrected chi connectivity index (χ0v) is 22.4. The molecule has 0 N–H and O–H groups in total. The van der Waals surface area contributed by atoms with Gasteiger partial charge in [0.2, 0.25) is 0 Å². The van der Waals surface area contributed by atoms with Gasteiger partial charge in [0.1, 0.15) is 12.3 Å². The first-order valence-corrected chi connectivity index (χ1v) is 12.2. The first-order chi connectivity index (χ1) is 19.0. The third-order valence-electron chi connectivity index (χ3n) is 6.56. The molecule has 3 aromatic rings. The summed E-state index contributed by atoms with van der Waals surface area (Å²) in [6.07, 6.45) is -4.12. The van der Waals surface area contributed by atoms with Crippen molar-refractivity contribution in [3.8, 4) is 17.2 Å². The molecule has 210 valence electrons. The molecule has 11 heteroatoms. The number of likely N-dealkylation sites (N-methyl/N-ethyl adjacent to an activating group) is 1. The van der Waals surface area contributed by atoms with E-state index < -0.39 is 29.6 Å². The lowest BCUT2D eigenvalue weighted by atomic mass is 9.98. The standard InChI is InChI=1S/C29H28F3N3O5/c1-34(28(37)19-5-10-21(11-6-19)29(30,31)32)17-27(36)35-24(20-9-14-25(39-3)26(15-20)40-4)16-23(33-35)18-7-12-22(38-2)13-8-18/h5-15,24H,16-17H2,1-4H3/t24-/m1/s1. The lowest BCUT2D eigenvalue weighted by Gasteiger charge is -2.25. The van der Waals surface area contributed by atoms with Crippen LogP contribution in [0, 0.1) is 0 Å². The maximum absolute atomic E-state index is 13.5. The topological polar surface area (TPSA) is 80.7 Å². The van der Waals surface area contributed by atoms with Gasteiger partial charge < -0.3 is 19.1 Å². The molecule has 1 atom stereocenters. The van der Waals surface area contributed by atoms with Gasteiger partial charge in [0.15, 0.2) is 11.5 Å². The molecule has 4 rings (SSSR count). The van der Waals surface area contributed by atoms with Crippen molar-refractivity contribution in [2.75, 3.05) is 34.9 Å². The van der Waals surface area contributed by atoms with Gasteiger partial charge in [-0.15, -0.1) is 0 Å². The van der Waals surface area contributed by atoms with Crippen LogP contribution < -0.4 is 14.2 Å². The van der Waals surface area contributed by atoms with Gasteiger partial charge in [-0.25, -0.2) is 5.01 Å². The Morgan fingerprint density at radius 1 is 0.925 bits per heavy atom. The maximum atomic E-state index is 13.5. The van der Waals surface area contributed by atoms with E-state index >= 15 is 0 Å². The molecule has 8 nitrogen and oxygen atoms in total. The molecule has 0 fully saturated rings. The molecular formula is C29H28F3N3O5. The number of hydrazone groups is 1. The highest BCUT2D eigenvalue weighted by molar-refractivity contribution is 6.03. The van der Waals surface area contributed by atoms with Crippen LogP contribution in [0.5, 0.6) is 17.2 Å². The molecule has 1 aliphatic heterocycles. The molecule has 0 aliphatic carbocycles. The van der Waals surface area contributed by atoms with Gasteiger partial charge in [0.25, 0.3) is 11.8 Å². The van der Waals surface area contributed by atoms with Gasteiger partial charge in [-0.2, -0.15) is 18.3 Å². The number of halogens is 3. The van der Waals surface area contributed by atoms with Crippen LogP contribution in [0.25, 0.3) is 0 Å². The van der Waals surface area contributed by atoms with Crippen molar-refractivity contribution in [3.05, 3.63) is 89.0 Å². The zero-order valence-electron chi connectivity index (χ0n) is 22.4. The minimum atomic E-state index is -4.52. The minimum absolute atomic E-state index is 0.0311. The van der Waals surface area contributed by atoms with Crippen molar-refractivity contribution in [2.24, 2.45) is 5.10 Å². The predicted molar refractivity (Wildman–Crippen MR) is 142 cm³/mol. The van der Waals surface area contributed by atoms with Crippen LogP contribution in [0.2, 0.25) is 0 Å². The second kappa shape index (κ2) is 11.7. The molecule has 40 heavy (non-hydrogen) atoms. The number of carbonyl (C=O) groups excluding carboxylic acids is 2. The SMILES string of the molecule is COc1ccc(C2=NN(C(=O)CN(C)C(=O)c3ccc(C(F)(F)F)cc3)[C@@H](c3ccc(OC)c(OC)c3)C2)cc1. The molecule has 0 radical (unpaired) electrons. The van der Waals surface area contributed by atoms with Crippen molar-refractivity contribution in [1.82, 2.24) is 9.91 Å². The number of rotatable bonds is 8. The van der Waals surface area contributed by atoms with Gasteiger partial charge in [-0.3, -0.25) is 9.59 Å². The van der Waals surface area contributed by atoms with Crippen molar-refractivity contribution in [3.63, 3.8) is 0 Å². The summed E-state index contributed by atoms with van der Waals surface area (Å²) in [6.45, 7) is -0.344. The molecule has 1 aliphatic rings. The van der Waals surface area contributed by atoms with E-state index in [-0.39, 0.29) is 12.1 Å². The Morgan fingerprint density at radius 3 is 2.15 bits per heavy atom. The first kappa shape index (κ1) is 28.5. The van der Waals surface area contributed by atoms with E-state index in [2.05, 4.69) is 5.10 Å². The van der Waals surface area contributed by atoms with E-state index in [0.717, 1.165) is 40.3 Å². The molecule has 1 heterocycles. The number of alkyl halides is 3. The fraction of sp³-hybridized carbons (Fsp3) is 0.276. The average Bonchev–Trinajstić information content (AvgIpc) is 3.41. The second-order valence-electron chi connectivity index (χ2n) is 9.08. The second-order valence-corrected chi connectivity index (χ2v) is 9.08. The van der Waals surface area contributed by atoms with Gasteiger partial charge in [0.05, 0.1) is 38.6 Å². The molecule has 0 saturated carbocycles. The van der Waals surface area contributed by atoms with Crippen molar-refractivity contribution in [2.45, 2.75) is 18.6 Å². The number of hydrogen-bond donors (Lipinski definition) is 0. The first-order valence-electron chi connectivity index (χ1n) is 12.2. The third kappa shape index (κ3) is 6.03. The zero-order chi connectivity index (χ0) is 29.0. The van der Waals surface area contributed by atoms with E-state index in [0.29, 0.717) is 29.4 Å². The van der Waals surface area contributed by atoms with Crippen LogP contribution in [0.1, 0.15) is 39.5 Å². The number of carbonyl (C=O) groups is 2. The molecule has 0 saturated heterocycles. The lowest BCUT2D eigenvalue weighted by molar-refractivity contribution is -0.137. The molecule has 0 bridgehead atoms. The number of nitrogens with zero attached hydrogens (tertiary/aromatic N) is 3. The van der Waals surface area contributed by atoms with E-state index in [1.165, 1.54) is 26.3 Å². The van der Waals surface area contributed by atoms with E-state index in [1.54, 1.807) is 31.4 Å². The molecular weight excluding hydrogens is 527 g/mol. The van der Waals surface area contributed by atoms with Crippen molar-refractivity contribution < 1.29 is 37.0 Å². The molecule has 0 aromatic heterocycles. The number of ether oxygens (including phenoxy) is 3. The highest BCUT2D eigenvalue weighted by atomic mass is 19.4. The molecule has 3 aromatic carbocycles. The van der Waals surface area contributed by atoms with Gasteiger partial charge in [-0.05, 0) is 71.8 Å². The minimum Gasteiger partial charge on any atom is -0.497 e. The highest BCUT2D eigenvalue weighted by Gasteiger charge is 2.35. The Kier molecular flexibility index (Phi) is 8.32. The van der Waals surface area contributed by atoms with Gasteiger partial charge in [0, 0.05) is 19.0 Å². The summed E-state index contributed by atoms with van der Waals surface area (Å²) in [7, 11) is 6.02. The van der Waals surface area contributed by atoms with E-state index in [9.17, 15) is 22.8 Å². The summed E-state index contributed by atoms with van der Waals surface area (Å²) in [4.78, 5) is 27.6. The Bertz CT molecular complexity index is 1410. The number of hydrogen-bond acceptors (Lipinski definition) is 6. The monoisotopic (exact) mass is 555 g/mol. The largest absolute Gasteiger partial charge is 0.497 e. The van der Waals surface area contributed by atoms with Crippen molar-refractivity contribution in [1.29, 1.82) is 0 Å². The maximum Gasteiger partial charge on any atom is 0.416 e. The Labute approximate surface area is 229 Å². The fourth-order valence-corrected chi connectivity index (χ4v) is 4.39. The number of amides is 2. The van der Waals surface area contributed by atoms with Crippen LogP contribution in [0.15, 0.2) is 71.8 Å². The van der Waals surface area contributed by atoms with Crippen LogP contribution >= 0.6 is 0 Å². The summed E-state index contributed by atoms with van der Waals surface area (Å²) < 4.78 is 54.7. The van der Waals surface area contributed by atoms with Crippen LogP contribution in [-0.2, 0) is 11.0 Å². The Morgan fingerprint density at radius 2 is 1.57 bits per heavy atom.